The van der Waals surface area contributed by atoms with Crippen LogP contribution in [0.1, 0.15) is 52.0 Å². The molecule has 1 atom stereocenters. The lowest BCUT2D eigenvalue weighted by Gasteiger charge is -2.35. The van der Waals surface area contributed by atoms with Gasteiger partial charge in [-0.2, -0.15) is 13.2 Å². The first kappa shape index (κ1) is 23.9. The molecule has 11 heteroatoms. The Labute approximate surface area is 184 Å². The molecular weight excluding hydrogens is 431 g/mol. The van der Waals surface area contributed by atoms with Crippen LogP contribution in [0.4, 0.5) is 29.3 Å². The van der Waals surface area contributed by atoms with Gasteiger partial charge in [0.25, 0.3) is 5.69 Å². The second kappa shape index (κ2) is 9.03. The van der Waals surface area contributed by atoms with E-state index in [1.165, 1.54) is 4.90 Å². The van der Waals surface area contributed by atoms with Gasteiger partial charge in [0.15, 0.2) is 0 Å². The Morgan fingerprint density at radius 3 is 2.50 bits per heavy atom. The molecule has 1 saturated carbocycles. The lowest BCUT2D eigenvalue weighted by atomic mass is 9.96. The largest absolute Gasteiger partial charge is 0.490 e. The van der Waals surface area contributed by atoms with Crippen molar-refractivity contribution in [2.24, 2.45) is 5.92 Å². The third-order valence-corrected chi connectivity index (χ3v) is 5.19. The van der Waals surface area contributed by atoms with Crippen molar-refractivity contribution in [2.45, 2.75) is 64.3 Å². The fourth-order valence-electron chi connectivity index (χ4n) is 3.74. The molecule has 0 unspecified atom stereocenters. The first-order valence-corrected chi connectivity index (χ1v) is 10.6. The Hall–Kier alpha value is -2.72. The molecule has 0 aromatic heterocycles. The molecule has 32 heavy (non-hydrogen) atoms. The van der Waals surface area contributed by atoms with Crippen LogP contribution in [0, 0.1) is 16.0 Å². The van der Waals surface area contributed by atoms with Gasteiger partial charge < -0.3 is 19.7 Å². The molecule has 1 aromatic carbocycles. The molecule has 1 saturated heterocycles. The Kier molecular flexibility index (Phi) is 6.75. The Morgan fingerprint density at radius 1 is 1.25 bits per heavy atom. The summed E-state index contributed by atoms with van der Waals surface area (Å²) in [4.78, 5) is 24.1. The third kappa shape index (κ3) is 6.17. The smallest absolute Gasteiger partial charge is 0.422 e. The normalized spacial score (nSPS) is 19.4. The van der Waals surface area contributed by atoms with Gasteiger partial charge in [-0.05, 0) is 58.4 Å². The third-order valence-electron chi connectivity index (χ3n) is 5.19. The zero-order valence-electron chi connectivity index (χ0n) is 18.3. The molecule has 178 valence electrons. The summed E-state index contributed by atoms with van der Waals surface area (Å²) >= 11 is 0. The summed E-state index contributed by atoms with van der Waals surface area (Å²) < 4.78 is 52.9. The highest BCUT2D eigenvalue weighted by molar-refractivity contribution is 5.73. The van der Waals surface area contributed by atoms with Crippen molar-refractivity contribution >= 4 is 17.5 Å². The minimum absolute atomic E-state index is 0.132. The van der Waals surface area contributed by atoms with Crippen molar-refractivity contribution in [1.29, 1.82) is 0 Å². The van der Waals surface area contributed by atoms with Gasteiger partial charge in [-0.15, -0.1) is 0 Å². The molecule has 8 nitrogen and oxygen atoms in total. The molecule has 1 heterocycles. The first-order valence-electron chi connectivity index (χ1n) is 10.6. The highest BCUT2D eigenvalue weighted by Crippen LogP contribution is 2.49. The van der Waals surface area contributed by atoms with Crippen molar-refractivity contribution < 1.29 is 32.4 Å². The lowest BCUT2D eigenvalue weighted by molar-refractivity contribution is -0.384. The van der Waals surface area contributed by atoms with Gasteiger partial charge in [0.2, 0.25) is 0 Å². The monoisotopic (exact) mass is 459 g/mol. The topological polar surface area (TPSA) is 93.9 Å². The molecule has 1 N–H and O–H groups in total. The summed E-state index contributed by atoms with van der Waals surface area (Å²) in [5.74, 6) is -0.570. The van der Waals surface area contributed by atoms with Crippen LogP contribution in [0.25, 0.3) is 0 Å². The quantitative estimate of drug-likeness (QED) is 0.481. The van der Waals surface area contributed by atoms with Crippen LogP contribution in [0.5, 0.6) is 5.75 Å². The van der Waals surface area contributed by atoms with E-state index in [0.29, 0.717) is 25.7 Å². The van der Waals surface area contributed by atoms with Crippen LogP contribution in [-0.4, -0.2) is 42.4 Å². The van der Waals surface area contributed by atoms with Gasteiger partial charge in [-0.25, -0.2) is 4.79 Å². The number of anilines is 1. The van der Waals surface area contributed by atoms with E-state index < -0.39 is 39.7 Å². The Balaban J connectivity index is 1.86. The number of halogens is 3. The van der Waals surface area contributed by atoms with Crippen LogP contribution in [0.2, 0.25) is 0 Å². The minimum Gasteiger partial charge on any atom is -0.490 e. The molecular formula is C21H28F3N3O5. The van der Waals surface area contributed by atoms with E-state index in [2.05, 4.69) is 5.32 Å². The van der Waals surface area contributed by atoms with Crippen LogP contribution in [0.3, 0.4) is 0 Å². The van der Waals surface area contributed by atoms with E-state index in [9.17, 15) is 28.1 Å². The fraction of sp³-hybridized carbons (Fsp3) is 0.667. The molecule has 1 aliphatic carbocycles. The predicted octanol–water partition coefficient (Wildman–Crippen LogP) is 4.90. The first-order chi connectivity index (χ1) is 14.8. The van der Waals surface area contributed by atoms with Crippen molar-refractivity contribution in [3.63, 3.8) is 0 Å². The van der Waals surface area contributed by atoms with Crippen LogP contribution in [0.15, 0.2) is 12.1 Å². The molecule has 2 aliphatic rings. The van der Waals surface area contributed by atoms with E-state index in [1.807, 2.05) is 0 Å². The maximum Gasteiger partial charge on any atom is 0.422 e. The van der Waals surface area contributed by atoms with E-state index in [4.69, 9.17) is 9.47 Å². The van der Waals surface area contributed by atoms with Crippen molar-refractivity contribution in [1.82, 2.24) is 5.32 Å². The summed E-state index contributed by atoms with van der Waals surface area (Å²) in [5, 5.41) is 14.3. The predicted molar refractivity (Wildman–Crippen MR) is 111 cm³/mol. The molecule has 1 amide bonds. The van der Waals surface area contributed by atoms with Crippen molar-refractivity contribution in [3.8, 4) is 5.75 Å². The average molecular weight is 459 g/mol. The SMILES string of the molecule is CC(C)(C)OC(=O)NC[C@@H]1CCCN(c2c([N+](=O)[O-])ccc(OC3CC3)c2C(F)(F)F)C1. The number of amides is 1. The van der Waals surface area contributed by atoms with Crippen molar-refractivity contribution in [2.75, 3.05) is 24.5 Å². The standard InChI is InChI=1S/C21H28F3N3O5/c1-20(2,3)32-19(28)25-11-13-5-4-10-26(12-13)18-15(27(29)30)8-9-16(31-14-6-7-14)17(18)21(22,23)24/h8-9,13-14H,4-7,10-12H2,1-3H3,(H,25,28)/t13-/m0/s1. The molecule has 0 spiro atoms. The number of carbonyl (C=O) groups is 1. The minimum atomic E-state index is -4.83. The van der Waals surface area contributed by atoms with Gasteiger partial charge >= 0.3 is 12.3 Å². The number of nitrogens with zero attached hydrogens (tertiary/aromatic N) is 2. The van der Waals surface area contributed by atoms with Crippen LogP contribution in [-0.2, 0) is 10.9 Å². The number of nitro benzene ring substituents is 1. The van der Waals surface area contributed by atoms with Crippen LogP contribution >= 0.6 is 0 Å². The second-order valence-electron chi connectivity index (χ2n) is 9.22. The highest BCUT2D eigenvalue weighted by atomic mass is 19.4. The zero-order valence-corrected chi connectivity index (χ0v) is 18.3. The van der Waals surface area contributed by atoms with Crippen molar-refractivity contribution in [3.05, 3.63) is 27.8 Å². The van der Waals surface area contributed by atoms with E-state index >= 15 is 0 Å². The number of piperidine rings is 1. The van der Waals surface area contributed by atoms with Crippen LogP contribution < -0.4 is 15.0 Å². The molecule has 3 rings (SSSR count). The summed E-state index contributed by atoms with van der Waals surface area (Å²) in [5.41, 5.74) is -2.87. The van der Waals surface area contributed by atoms with Gasteiger partial charge in [-0.3, -0.25) is 10.1 Å². The number of hydrogen-bond donors (Lipinski definition) is 1. The number of ether oxygens (including phenoxy) is 2. The van der Waals surface area contributed by atoms with Gasteiger partial charge in [0, 0.05) is 25.7 Å². The Bertz CT molecular complexity index is 865. The molecule has 1 aliphatic heterocycles. The number of nitro groups is 1. The average Bonchev–Trinajstić information content (AvgIpc) is 3.48. The van der Waals surface area contributed by atoms with E-state index in [1.54, 1.807) is 20.8 Å². The second-order valence-corrected chi connectivity index (χ2v) is 9.22. The molecule has 2 fully saturated rings. The molecule has 1 aromatic rings. The lowest BCUT2D eigenvalue weighted by Crippen LogP contribution is -2.43. The zero-order chi connectivity index (χ0) is 23.7. The summed E-state index contributed by atoms with van der Waals surface area (Å²) in [6.45, 7) is 5.74. The Morgan fingerprint density at radius 2 is 1.94 bits per heavy atom. The maximum atomic E-state index is 14.1. The number of alkyl carbamates (subject to hydrolysis) is 1. The number of nitrogens with one attached hydrogen (secondary N) is 1. The highest BCUT2D eigenvalue weighted by Gasteiger charge is 2.44. The summed E-state index contributed by atoms with van der Waals surface area (Å²) in [6.07, 6.45) is -3.22. The van der Waals surface area contributed by atoms with Gasteiger partial charge in [0.05, 0.1) is 11.0 Å². The number of alkyl halides is 3. The van der Waals surface area contributed by atoms with Gasteiger partial charge in [0.1, 0.15) is 22.6 Å². The van der Waals surface area contributed by atoms with E-state index in [-0.39, 0.29) is 37.4 Å². The number of carbonyl (C=O) groups excluding carboxylic acids is 1. The summed E-state index contributed by atoms with van der Waals surface area (Å²) in [7, 11) is 0. The summed E-state index contributed by atoms with van der Waals surface area (Å²) in [6, 6.07) is 2.11. The number of hydrogen-bond acceptors (Lipinski definition) is 6. The maximum absolute atomic E-state index is 14.1. The van der Waals surface area contributed by atoms with Gasteiger partial charge in [-0.1, -0.05) is 0 Å². The molecule has 0 bridgehead atoms. The number of benzene rings is 1. The fourth-order valence-corrected chi connectivity index (χ4v) is 3.74. The number of rotatable bonds is 6. The molecule has 0 radical (unpaired) electrons. The van der Waals surface area contributed by atoms with E-state index in [0.717, 1.165) is 12.1 Å².